The second-order valence-corrected chi connectivity index (χ2v) is 6.16. The molecule has 1 aliphatic heterocycles. The molecule has 2 heterocycles. The van der Waals surface area contributed by atoms with E-state index in [1.54, 1.807) is 23.9 Å². The number of benzene rings is 1. The van der Waals surface area contributed by atoms with Crippen LogP contribution < -0.4 is 4.90 Å². The third-order valence-electron chi connectivity index (χ3n) is 3.41. The standard InChI is InChI=1S/C16H18FN3OS/c1-12-18-14(11-22-15-4-2-13(17)3-5-15)10-16(19-12)20-6-8-21-9-7-20/h2-5,10H,6-9,11H2,1H3. The molecular weight excluding hydrogens is 301 g/mol. The average molecular weight is 319 g/mol. The predicted octanol–water partition coefficient (Wildman–Crippen LogP) is 3.05. The van der Waals surface area contributed by atoms with E-state index in [9.17, 15) is 4.39 Å². The number of aromatic nitrogens is 2. The molecule has 0 atom stereocenters. The molecule has 1 fully saturated rings. The van der Waals surface area contributed by atoms with E-state index in [0.29, 0.717) is 0 Å². The van der Waals surface area contributed by atoms with Gasteiger partial charge >= 0.3 is 0 Å². The lowest BCUT2D eigenvalue weighted by molar-refractivity contribution is 0.122. The number of hydrogen-bond acceptors (Lipinski definition) is 5. The van der Waals surface area contributed by atoms with Crippen LogP contribution in [0.4, 0.5) is 10.2 Å². The van der Waals surface area contributed by atoms with Crippen LogP contribution in [0.15, 0.2) is 35.2 Å². The van der Waals surface area contributed by atoms with Gasteiger partial charge in [0.1, 0.15) is 17.5 Å². The van der Waals surface area contributed by atoms with E-state index in [1.807, 2.05) is 13.0 Å². The van der Waals surface area contributed by atoms with Crippen molar-refractivity contribution in [3.05, 3.63) is 47.7 Å². The number of ether oxygens (including phenoxy) is 1. The molecule has 0 aliphatic carbocycles. The summed E-state index contributed by atoms with van der Waals surface area (Å²) < 4.78 is 18.3. The molecule has 0 bridgehead atoms. The smallest absolute Gasteiger partial charge is 0.132 e. The molecule has 0 saturated carbocycles. The lowest BCUT2D eigenvalue weighted by Gasteiger charge is -2.28. The summed E-state index contributed by atoms with van der Waals surface area (Å²) in [6.07, 6.45) is 0. The van der Waals surface area contributed by atoms with Crippen LogP contribution >= 0.6 is 11.8 Å². The van der Waals surface area contributed by atoms with Gasteiger partial charge < -0.3 is 9.64 Å². The summed E-state index contributed by atoms with van der Waals surface area (Å²) in [6.45, 7) is 5.11. The quantitative estimate of drug-likeness (QED) is 0.810. The molecule has 0 unspecified atom stereocenters. The van der Waals surface area contributed by atoms with E-state index in [4.69, 9.17) is 4.74 Å². The van der Waals surface area contributed by atoms with Crippen molar-refractivity contribution in [2.45, 2.75) is 17.6 Å². The normalized spacial score (nSPS) is 15.1. The molecule has 1 aromatic heterocycles. The SMILES string of the molecule is Cc1nc(CSc2ccc(F)cc2)cc(N2CCOCC2)n1. The molecule has 6 heteroatoms. The average Bonchev–Trinajstić information content (AvgIpc) is 2.55. The minimum Gasteiger partial charge on any atom is -0.378 e. The highest BCUT2D eigenvalue weighted by molar-refractivity contribution is 7.98. The topological polar surface area (TPSA) is 38.2 Å². The fourth-order valence-electron chi connectivity index (χ4n) is 2.33. The Hall–Kier alpha value is -1.66. The minimum absolute atomic E-state index is 0.211. The number of halogens is 1. The Kier molecular flexibility index (Phi) is 4.90. The second kappa shape index (κ2) is 7.07. The summed E-state index contributed by atoms with van der Waals surface area (Å²) in [7, 11) is 0. The summed E-state index contributed by atoms with van der Waals surface area (Å²) in [5, 5.41) is 0. The fourth-order valence-corrected chi connectivity index (χ4v) is 3.12. The van der Waals surface area contributed by atoms with Crippen LogP contribution in [0.1, 0.15) is 11.5 Å². The Morgan fingerprint density at radius 2 is 1.91 bits per heavy atom. The van der Waals surface area contributed by atoms with E-state index in [1.165, 1.54) is 12.1 Å². The predicted molar refractivity (Wildman–Crippen MR) is 85.8 cm³/mol. The molecule has 0 radical (unpaired) electrons. The number of aryl methyl sites for hydroxylation is 1. The van der Waals surface area contributed by atoms with Crippen LogP contribution in [0.2, 0.25) is 0 Å². The van der Waals surface area contributed by atoms with Crippen LogP contribution in [0.5, 0.6) is 0 Å². The number of rotatable bonds is 4. The van der Waals surface area contributed by atoms with Crippen molar-refractivity contribution in [3.63, 3.8) is 0 Å². The van der Waals surface area contributed by atoms with Crippen LogP contribution in [0.3, 0.4) is 0 Å². The monoisotopic (exact) mass is 319 g/mol. The summed E-state index contributed by atoms with van der Waals surface area (Å²) >= 11 is 1.65. The van der Waals surface area contributed by atoms with Gasteiger partial charge in [0, 0.05) is 29.8 Å². The highest BCUT2D eigenvalue weighted by atomic mass is 32.2. The van der Waals surface area contributed by atoms with Crippen molar-refractivity contribution >= 4 is 17.6 Å². The van der Waals surface area contributed by atoms with Gasteiger partial charge in [0.15, 0.2) is 0 Å². The minimum atomic E-state index is -0.211. The zero-order valence-corrected chi connectivity index (χ0v) is 13.3. The van der Waals surface area contributed by atoms with E-state index in [-0.39, 0.29) is 5.82 Å². The van der Waals surface area contributed by atoms with Crippen molar-refractivity contribution in [1.29, 1.82) is 0 Å². The lowest BCUT2D eigenvalue weighted by atomic mass is 10.3. The van der Waals surface area contributed by atoms with Gasteiger partial charge in [0.25, 0.3) is 0 Å². The van der Waals surface area contributed by atoms with Crippen LogP contribution in [0, 0.1) is 12.7 Å². The summed E-state index contributed by atoms with van der Waals surface area (Å²) in [4.78, 5) is 12.3. The molecule has 1 aromatic carbocycles. The van der Waals surface area contributed by atoms with Gasteiger partial charge in [-0.1, -0.05) is 0 Å². The number of thioether (sulfide) groups is 1. The molecule has 1 aliphatic rings. The maximum atomic E-state index is 12.9. The first-order valence-corrected chi connectivity index (χ1v) is 8.25. The molecule has 2 aromatic rings. The third-order valence-corrected chi connectivity index (χ3v) is 4.46. The molecular formula is C16H18FN3OS. The first-order valence-electron chi connectivity index (χ1n) is 7.26. The van der Waals surface area contributed by atoms with E-state index < -0.39 is 0 Å². The van der Waals surface area contributed by atoms with Gasteiger partial charge in [0.2, 0.25) is 0 Å². The maximum absolute atomic E-state index is 12.9. The number of anilines is 1. The number of nitrogens with zero attached hydrogens (tertiary/aromatic N) is 3. The molecule has 116 valence electrons. The zero-order valence-electron chi connectivity index (χ0n) is 12.5. The summed E-state index contributed by atoms with van der Waals surface area (Å²) in [5.41, 5.74) is 0.989. The molecule has 4 nitrogen and oxygen atoms in total. The molecule has 22 heavy (non-hydrogen) atoms. The first kappa shape index (κ1) is 15.2. The van der Waals surface area contributed by atoms with Crippen molar-refractivity contribution in [3.8, 4) is 0 Å². The second-order valence-electron chi connectivity index (χ2n) is 5.11. The Labute approximate surface area is 133 Å². The van der Waals surface area contributed by atoms with Crippen LogP contribution in [-0.2, 0) is 10.5 Å². The van der Waals surface area contributed by atoms with Gasteiger partial charge in [-0.2, -0.15) is 0 Å². The van der Waals surface area contributed by atoms with Crippen molar-refractivity contribution in [1.82, 2.24) is 9.97 Å². The first-order chi connectivity index (χ1) is 10.7. The fraction of sp³-hybridized carbons (Fsp3) is 0.375. The largest absolute Gasteiger partial charge is 0.378 e. The van der Waals surface area contributed by atoms with Crippen molar-refractivity contribution in [2.24, 2.45) is 0 Å². The van der Waals surface area contributed by atoms with Crippen LogP contribution in [0.25, 0.3) is 0 Å². The lowest BCUT2D eigenvalue weighted by Crippen LogP contribution is -2.37. The van der Waals surface area contributed by atoms with Gasteiger partial charge in [-0.15, -0.1) is 11.8 Å². The Morgan fingerprint density at radius 1 is 1.18 bits per heavy atom. The highest BCUT2D eigenvalue weighted by Gasteiger charge is 2.14. The van der Waals surface area contributed by atoms with E-state index in [0.717, 1.165) is 54.3 Å². The molecule has 1 saturated heterocycles. The molecule has 3 rings (SSSR count). The summed E-state index contributed by atoms with van der Waals surface area (Å²) in [6, 6.07) is 8.57. The van der Waals surface area contributed by atoms with E-state index in [2.05, 4.69) is 14.9 Å². The van der Waals surface area contributed by atoms with Crippen LogP contribution in [-0.4, -0.2) is 36.3 Å². The maximum Gasteiger partial charge on any atom is 0.132 e. The molecule has 0 spiro atoms. The van der Waals surface area contributed by atoms with Crippen molar-refractivity contribution in [2.75, 3.05) is 31.2 Å². The van der Waals surface area contributed by atoms with Crippen molar-refractivity contribution < 1.29 is 9.13 Å². The van der Waals surface area contributed by atoms with Gasteiger partial charge in [-0.05, 0) is 31.2 Å². The third kappa shape index (κ3) is 3.96. The Morgan fingerprint density at radius 3 is 2.64 bits per heavy atom. The Balaban J connectivity index is 1.70. The highest BCUT2D eigenvalue weighted by Crippen LogP contribution is 2.24. The van der Waals surface area contributed by atoms with Gasteiger partial charge in [-0.25, -0.2) is 14.4 Å². The summed E-state index contributed by atoms with van der Waals surface area (Å²) in [5.74, 6) is 2.27. The van der Waals surface area contributed by atoms with Gasteiger partial charge in [-0.3, -0.25) is 0 Å². The zero-order chi connectivity index (χ0) is 15.4. The van der Waals surface area contributed by atoms with E-state index >= 15 is 0 Å². The number of morpholine rings is 1. The molecule has 0 amide bonds. The number of hydrogen-bond donors (Lipinski definition) is 0. The Bertz CT molecular complexity index is 630. The van der Waals surface area contributed by atoms with Gasteiger partial charge in [0.05, 0.1) is 18.9 Å². The molecule has 0 N–H and O–H groups in total.